The van der Waals surface area contributed by atoms with E-state index in [1.807, 2.05) is 72.8 Å². The second-order valence-electron chi connectivity index (χ2n) is 9.07. The second kappa shape index (κ2) is 12.6. The molecule has 0 bridgehead atoms. The predicted molar refractivity (Wildman–Crippen MR) is 149 cm³/mol. The lowest BCUT2D eigenvalue weighted by Crippen LogP contribution is -2.08. The van der Waals surface area contributed by atoms with Gasteiger partial charge in [0.15, 0.2) is 0 Å². The van der Waals surface area contributed by atoms with Crippen LogP contribution in [0.3, 0.4) is 0 Å². The van der Waals surface area contributed by atoms with Crippen molar-refractivity contribution in [2.75, 3.05) is 0 Å². The molecule has 0 fully saturated rings. The molecule has 0 spiro atoms. The van der Waals surface area contributed by atoms with Crippen molar-refractivity contribution < 1.29 is 9.53 Å². The molecule has 0 aliphatic carbocycles. The Bertz CT molecular complexity index is 1290. The van der Waals surface area contributed by atoms with Crippen LogP contribution in [0.5, 0.6) is 5.75 Å². The Hall–Kier alpha value is -4.09. The average Bonchev–Trinajstić information content (AvgIpc) is 2.94. The van der Waals surface area contributed by atoms with Crippen LogP contribution in [0.4, 0.5) is 0 Å². The highest BCUT2D eigenvalue weighted by Gasteiger charge is 2.10. The molecule has 2 heteroatoms. The number of terminal acetylenes is 1. The van der Waals surface area contributed by atoms with Gasteiger partial charge in [-0.2, -0.15) is 0 Å². The zero-order valence-electron chi connectivity index (χ0n) is 20.9. The number of ether oxygens (including phenoxy) is 1. The first-order valence-electron chi connectivity index (χ1n) is 12.7. The molecule has 180 valence electrons. The van der Waals surface area contributed by atoms with Gasteiger partial charge in [0.25, 0.3) is 0 Å². The number of benzene rings is 4. The largest absolute Gasteiger partial charge is 0.423 e. The van der Waals surface area contributed by atoms with Gasteiger partial charge in [0.1, 0.15) is 5.75 Å². The maximum absolute atomic E-state index is 12.7. The highest BCUT2D eigenvalue weighted by atomic mass is 16.5. The van der Waals surface area contributed by atoms with Gasteiger partial charge in [0.05, 0.1) is 5.56 Å². The Kier molecular flexibility index (Phi) is 8.73. The van der Waals surface area contributed by atoms with Gasteiger partial charge in [0, 0.05) is 5.56 Å². The molecule has 0 aromatic heterocycles. The standard InChI is InChI=1S/C34H32O2/c1-3-5-6-7-8-9-27-12-16-29(17-13-27)30-18-20-32(21-19-30)34(35)36-33-24-22-31(23-25-33)28-14-10-26(4-2)11-15-28/h2,10-25H,3,5-9H2,1H3. The van der Waals surface area contributed by atoms with E-state index in [2.05, 4.69) is 37.1 Å². The third kappa shape index (κ3) is 6.74. The van der Waals surface area contributed by atoms with Crippen LogP contribution in [-0.2, 0) is 6.42 Å². The number of hydrogen-bond donors (Lipinski definition) is 0. The van der Waals surface area contributed by atoms with Gasteiger partial charge in [0.2, 0.25) is 0 Å². The monoisotopic (exact) mass is 472 g/mol. The zero-order valence-corrected chi connectivity index (χ0v) is 20.9. The molecule has 4 aromatic carbocycles. The van der Waals surface area contributed by atoms with Crippen LogP contribution in [0.2, 0.25) is 0 Å². The first-order valence-corrected chi connectivity index (χ1v) is 12.7. The highest BCUT2D eigenvalue weighted by Crippen LogP contribution is 2.25. The van der Waals surface area contributed by atoms with E-state index in [9.17, 15) is 4.79 Å². The van der Waals surface area contributed by atoms with Crippen LogP contribution >= 0.6 is 0 Å². The van der Waals surface area contributed by atoms with Gasteiger partial charge >= 0.3 is 5.97 Å². The first kappa shape index (κ1) is 25.0. The maximum Gasteiger partial charge on any atom is 0.343 e. The lowest BCUT2D eigenvalue weighted by Gasteiger charge is -2.08. The number of aryl methyl sites for hydroxylation is 1. The molecule has 4 aromatic rings. The van der Waals surface area contributed by atoms with Crippen LogP contribution in [0.25, 0.3) is 22.3 Å². The van der Waals surface area contributed by atoms with Gasteiger partial charge < -0.3 is 4.74 Å². The smallest absolute Gasteiger partial charge is 0.343 e. The molecule has 0 saturated heterocycles. The van der Waals surface area contributed by atoms with E-state index in [0.717, 1.165) is 34.2 Å². The quantitative estimate of drug-likeness (QED) is 0.0998. The fourth-order valence-corrected chi connectivity index (χ4v) is 4.24. The number of esters is 1. The highest BCUT2D eigenvalue weighted by molar-refractivity contribution is 5.91. The minimum Gasteiger partial charge on any atom is -0.423 e. The maximum atomic E-state index is 12.7. The number of hydrogen-bond acceptors (Lipinski definition) is 2. The van der Waals surface area contributed by atoms with Gasteiger partial charge in [-0.15, -0.1) is 6.42 Å². The molecular formula is C34H32O2. The van der Waals surface area contributed by atoms with E-state index in [0.29, 0.717) is 11.3 Å². The van der Waals surface area contributed by atoms with Crippen molar-refractivity contribution >= 4 is 5.97 Å². The topological polar surface area (TPSA) is 26.3 Å². The van der Waals surface area contributed by atoms with E-state index in [4.69, 9.17) is 11.2 Å². The van der Waals surface area contributed by atoms with Crippen LogP contribution in [-0.4, -0.2) is 5.97 Å². The second-order valence-corrected chi connectivity index (χ2v) is 9.07. The van der Waals surface area contributed by atoms with Gasteiger partial charge in [-0.3, -0.25) is 0 Å². The van der Waals surface area contributed by atoms with Crippen molar-refractivity contribution in [3.8, 4) is 40.3 Å². The SMILES string of the molecule is C#Cc1ccc(-c2ccc(OC(=O)c3ccc(-c4ccc(CCCCCCC)cc4)cc3)cc2)cc1. The molecule has 0 aliphatic rings. The van der Waals surface area contributed by atoms with E-state index in [1.54, 1.807) is 0 Å². The Morgan fingerprint density at radius 3 is 1.72 bits per heavy atom. The lowest BCUT2D eigenvalue weighted by atomic mass is 10.00. The minimum absolute atomic E-state index is 0.369. The summed E-state index contributed by atoms with van der Waals surface area (Å²) in [7, 11) is 0. The molecule has 0 saturated carbocycles. The molecule has 36 heavy (non-hydrogen) atoms. The third-order valence-corrected chi connectivity index (χ3v) is 6.43. The summed E-state index contributed by atoms with van der Waals surface area (Å²) in [6, 6.07) is 31.6. The summed E-state index contributed by atoms with van der Waals surface area (Å²) in [5, 5.41) is 0. The summed E-state index contributed by atoms with van der Waals surface area (Å²) >= 11 is 0. The molecule has 0 unspecified atom stereocenters. The molecule has 2 nitrogen and oxygen atoms in total. The summed E-state index contributed by atoms with van der Waals surface area (Å²) in [4.78, 5) is 12.7. The number of carbonyl (C=O) groups is 1. The fraction of sp³-hybridized carbons (Fsp3) is 0.206. The summed E-state index contributed by atoms with van der Waals surface area (Å²) < 4.78 is 5.59. The molecular weight excluding hydrogens is 440 g/mol. The minimum atomic E-state index is -0.369. The molecule has 0 atom stereocenters. The molecule has 0 radical (unpaired) electrons. The van der Waals surface area contributed by atoms with E-state index >= 15 is 0 Å². The van der Waals surface area contributed by atoms with Gasteiger partial charge in [-0.25, -0.2) is 4.79 Å². The van der Waals surface area contributed by atoms with Crippen molar-refractivity contribution in [1.29, 1.82) is 0 Å². The van der Waals surface area contributed by atoms with Crippen molar-refractivity contribution in [2.45, 2.75) is 45.4 Å². The normalized spacial score (nSPS) is 10.6. The van der Waals surface area contributed by atoms with E-state index in [1.165, 1.54) is 37.7 Å². The number of unbranched alkanes of at least 4 members (excludes halogenated alkanes) is 4. The predicted octanol–water partition coefficient (Wildman–Crippen LogP) is 8.73. The molecule has 4 rings (SSSR count). The lowest BCUT2D eigenvalue weighted by molar-refractivity contribution is 0.0735. The van der Waals surface area contributed by atoms with Crippen molar-refractivity contribution in [2.24, 2.45) is 0 Å². The average molecular weight is 473 g/mol. The zero-order chi connectivity index (χ0) is 25.2. The van der Waals surface area contributed by atoms with Crippen LogP contribution < -0.4 is 4.74 Å². The fourth-order valence-electron chi connectivity index (χ4n) is 4.24. The molecule has 0 heterocycles. The van der Waals surface area contributed by atoms with Crippen LogP contribution in [0.1, 0.15) is 60.5 Å². The van der Waals surface area contributed by atoms with Crippen LogP contribution in [0.15, 0.2) is 97.1 Å². The van der Waals surface area contributed by atoms with Crippen molar-refractivity contribution in [3.05, 3.63) is 114 Å². The van der Waals surface area contributed by atoms with Crippen molar-refractivity contribution in [1.82, 2.24) is 0 Å². The van der Waals surface area contributed by atoms with E-state index in [-0.39, 0.29) is 5.97 Å². The van der Waals surface area contributed by atoms with E-state index < -0.39 is 0 Å². The van der Waals surface area contributed by atoms with Gasteiger partial charge in [-0.1, -0.05) is 99.2 Å². The third-order valence-electron chi connectivity index (χ3n) is 6.43. The Morgan fingerprint density at radius 1 is 0.667 bits per heavy atom. The molecule has 0 N–H and O–H groups in total. The first-order chi connectivity index (χ1) is 17.7. The van der Waals surface area contributed by atoms with Crippen molar-refractivity contribution in [3.63, 3.8) is 0 Å². The number of carbonyl (C=O) groups excluding carboxylic acids is 1. The Morgan fingerprint density at radius 2 is 1.17 bits per heavy atom. The molecule has 0 amide bonds. The Labute approximate surface area is 215 Å². The summed E-state index contributed by atoms with van der Waals surface area (Å²) in [6.07, 6.45) is 13.0. The number of rotatable bonds is 10. The molecule has 0 aliphatic heterocycles. The van der Waals surface area contributed by atoms with Gasteiger partial charge in [-0.05, 0) is 77.1 Å². The summed E-state index contributed by atoms with van der Waals surface area (Å²) in [6.45, 7) is 2.25. The Balaban J connectivity index is 1.32. The van der Waals surface area contributed by atoms with Crippen LogP contribution in [0, 0.1) is 12.3 Å². The summed E-state index contributed by atoms with van der Waals surface area (Å²) in [5.41, 5.74) is 7.08. The summed E-state index contributed by atoms with van der Waals surface area (Å²) in [5.74, 6) is 2.76.